The molecule has 126 valence electrons. The predicted molar refractivity (Wildman–Crippen MR) is 89.9 cm³/mol. The van der Waals surface area contributed by atoms with Crippen LogP contribution in [-0.4, -0.2) is 5.91 Å². The van der Waals surface area contributed by atoms with Gasteiger partial charge in [-0.25, -0.2) is 9.93 Å². The third-order valence-electron chi connectivity index (χ3n) is 4.45. The predicted octanol–water partition coefficient (Wildman–Crippen LogP) is 3.82. The third kappa shape index (κ3) is 3.18. The maximum atomic E-state index is 13.3. The van der Waals surface area contributed by atoms with Crippen molar-refractivity contribution in [3.05, 3.63) is 58.4 Å². The molecule has 1 aliphatic carbocycles. The molecule has 0 heterocycles. The van der Waals surface area contributed by atoms with Crippen LogP contribution in [0.3, 0.4) is 0 Å². The number of benzene rings is 2. The summed E-state index contributed by atoms with van der Waals surface area (Å²) in [6.07, 6.45) is 2.29. The van der Waals surface area contributed by atoms with E-state index in [0.717, 1.165) is 36.1 Å². The van der Waals surface area contributed by atoms with Gasteiger partial charge in [-0.05, 0) is 66.6 Å². The van der Waals surface area contributed by atoms with Crippen LogP contribution in [0, 0.1) is 12.7 Å². The number of rotatable bonds is 5. The number of anilines is 2. The molecule has 1 saturated carbocycles. The summed E-state index contributed by atoms with van der Waals surface area (Å²) < 4.78 is 25.8. The highest BCUT2D eigenvalue weighted by Crippen LogP contribution is 2.43. The second-order valence-electron chi connectivity index (χ2n) is 6.09. The fraction of sp³-hybridized carbons (Fsp3) is 0.278. The minimum absolute atomic E-state index is 0.186. The Morgan fingerprint density at radius 2 is 2.04 bits per heavy atom. The summed E-state index contributed by atoms with van der Waals surface area (Å²) in [5, 5.41) is 2.81. The van der Waals surface area contributed by atoms with Crippen molar-refractivity contribution in [2.24, 2.45) is 0 Å². The van der Waals surface area contributed by atoms with Crippen molar-refractivity contribution < 1.29 is 13.7 Å². The molecular weight excluding hydrogens is 312 g/mol. The van der Waals surface area contributed by atoms with Crippen LogP contribution in [0.5, 0.6) is 0 Å². The van der Waals surface area contributed by atoms with Gasteiger partial charge in [-0.1, -0.05) is 6.07 Å². The van der Waals surface area contributed by atoms with Gasteiger partial charge in [0.05, 0.1) is 0 Å². The summed E-state index contributed by atoms with van der Waals surface area (Å²) in [6.45, 7) is 2.27. The Bertz CT molecular complexity index is 788. The fourth-order valence-corrected chi connectivity index (χ4v) is 2.82. The van der Waals surface area contributed by atoms with Crippen molar-refractivity contribution in [2.75, 3.05) is 11.3 Å². The minimum atomic E-state index is -0.753. The first-order valence-electron chi connectivity index (χ1n) is 7.83. The van der Waals surface area contributed by atoms with E-state index >= 15 is 0 Å². The van der Waals surface area contributed by atoms with Gasteiger partial charge >= 0.3 is 0 Å². The lowest BCUT2D eigenvalue weighted by atomic mass is 9.97. The summed E-state index contributed by atoms with van der Waals surface area (Å²) in [7, 11) is 0. The summed E-state index contributed by atoms with van der Waals surface area (Å²) in [5.41, 5.74) is 10.9. The van der Waals surface area contributed by atoms with Gasteiger partial charge in [-0.3, -0.25) is 4.79 Å². The second kappa shape index (κ2) is 6.47. The van der Waals surface area contributed by atoms with Crippen molar-refractivity contribution in [1.29, 1.82) is 0 Å². The Morgan fingerprint density at radius 1 is 1.29 bits per heavy atom. The molecular formula is C18H19F2N3O. The molecule has 0 unspecified atom stereocenters. The SMILES string of the molecule is Cc1c(N)ccc(C2CC2)c1CNC(=O)c1ccc(F)c(NF)c1. The zero-order valence-electron chi connectivity index (χ0n) is 13.3. The molecule has 0 spiro atoms. The molecule has 0 radical (unpaired) electrons. The topological polar surface area (TPSA) is 67.1 Å². The molecule has 0 aliphatic heterocycles. The number of amides is 1. The van der Waals surface area contributed by atoms with Crippen molar-refractivity contribution in [2.45, 2.75) is 32.2 Å². The number of halogens is 2. The van der Waals surface area contributed by atoms with E-state index in [4.69, 9.17) is 5.73 Å². The van der Waals surface area contributed by atoms with Gasteiger partial charge in [0, 0.05) is 17.8 Å². The van der Waals surface area contributed by atoms with Crippen LogP contribution in [0.15, 0.2) is 30.3 Å². The maximum absolute atomic E-state index is 13.3. The van der Waals surface area contributed by atoms with Crippen LogP contribution in [0.2, 0.25) is 0 Å². The van der Waals surface area contributed by atoms with Crippen molar-refractivity contribution in [3.8, 4) is 0 Å². The van der Waals surface area contributed by atoms with E-state index < -0.39 is 11.7 Å². The lowest BCUT2D eigenvalue weighted by Gasteiger charge is -2.15. The Morgan fingerprint density at radius 3 is 2.71 bits per heavy atom. The molecule has 1 aliphatic rings. The third-order valence-corrected chi connectivity index (χ3v) is 4.45. The summed E-state index contributed by atoms with van der Waals surface area (Å²) in [5.74, 6) is -0.615. The van der Waals surface area contributed by atoms with E-state index in [1.807, 2.05) is 19.1 Å². The Balaban J connectivity index is 1.78. The van der Waals surface area contributed by atoms with Crippen molar-refractivity contribution >= 4 is 17.3 Å². The van der Waals surface area contributed by atoms with Gasteiger partial charge < -0.3 is 11.1 Å². The molecule has 0 aromatic heterocycles. The number of hydrogen-bond acceptors (Lipinski definition) is 3. The van der Waals surface area contributed by atoms with E-state index in [1.54, 1.807) is 0 Å². The van der Waals surface area contributed by atoms with Crippen LogP contribution in [0.25, 0.3) is 0 Å². The van der Waals surface area contributed by atoms with E-state index in [0.29, 0.717) is 18.2 Å². The molecule has 0 bridgehead atoms. The Kier molecular flexibility index (Phi) is 4.38. The molecule has 4 N–H and O–H groups in total. The van der Waals surface area contributed by atoms with Crippen LogP contribution in [0.1, 0.15) is 45.8 Å². The number of nitrogens with one attached hydrogen (secondary N) is 2. The maximum Gasteiger partial charge on any atom is 0.251 e. The molecule has 0 atom stereocenters. The highest BCUT2D eigenvalue weighted by Gasteiger charge is 2.27. The first kappa shape index (κ1) is 16.2. The van der Waals surface area contributed by atoms with Crippen LogP contribution in [-0.2, 0) is 6.54 Å². The van der Waals surface area contributed by atoms with Crippen molar-refractivity contribution in [3.63, 3.8) is 0 Å². The van der Waals surface area contributed by atoms with Gasteiger partial charge in [0.15, 0.2) is 0 Å². The number of carbonyl (C=O) groups excluding carboxylic acids is 1. The molecule has 2 aromatic carbocycles. The van der Waals surface area contributed by atoms with E-state index in [2.05, 4.69) is 5.32 Å². The second-order valence-corrected chi connectivity index (χ2v) is 6.09. The van der Waals surface area contributed by atoms with Gasteiger partial charge in [-0.2, -0.15) is 0 Å². The minimum Gasteiger partial charge on any atom is -0.399 e. The standard InChI is InChI=1S/C18H19F2N3O/c1-10-14(13(11-2-3-11)5-7-16(10)21)9-22-18(24)12-4-6-15(19)17(8-12)23-20/h4-8,11,23H,2-3,9,21H2,1H3,(H,22,24). The number of nitrogen functional groups attached to an aromatic ring is 1. The monoisotopic (exact) mass is 331 g/mol. The van der Waals surface area contributed by atoms with Gasteiger partial charge in [0.2, 0.25) is 0 Å². The first-order chi connectivity index (χ1) is 11.5. The average Bonchev–Trinajstić information content (AvgIpc) is 3.41. The van der Waals surface area contributed by atoms with E-state index in [9.17, 15) is 13.7 Å². The lowest BCUT2D eigenvalue weighted by Crippen LogP contribution is -2.24. The lowest BCUT2D eigenvalue weighted by molar-refractivity contribution is 0.0951. The normalized spacial score (nSPS) is 13.6. The van der Waals surface area contributed by atoms with Crippen LogP contribution in [0.4, 0.5) is 20.2 Å². The van der Waals surface area contributed by atoms with E-state index in [1.165, 1.54) is 17.2 Å². The first-order valence-corrected chi connectivity index (χ1v) is 7.83. The number of nitrogens with two attached hydrogens (primary N) is 1. The molecule has 0 saturated heterocycles. The van der Waals surface area contributed by atoms with Crippen molar-refractivity contribution in [1.82, 2.24) is 5.32 Å². The van der Waals surface area contributed by atoms with Gasteiger partial charge in [0.1, 0.15) is 11.5 Å². The molecule has 24 heavy (non-hydrogen) atoms. The van der Waals surface area contributed by atoms with Gasteiger partial charge in [-0.15, -0.1) is 4.48 Å². The Hall–Kier alpha value is -2.63. The molecule has 2 aromatic rings. The summed E-state index contributed by atoms with van der Waals surface area (Å²) >= 11 is 0. The quantitative estimate of drug-likeness (QED) is 0.576. The molecule has 1 fully saturated rings. The molecule has 4 nitrogen and oxygen atoms in total. The summed E-state index contributed by atoms with van der Waals surface area (Å²) in [6, 6.07) is 7.42. The zero-order chi connectivity index (χ0) is 17.3. The average molecular weight is 331 g/mol. The van der Waals surface area contributed by atoms with Crippen LogP contribution < -0.4 is 16.6 Å². The van der Waals surface area contributed by atoms with Crippen LogP contribution >= 0.6 is 0 Å². The highest BCUT2D eigenvalue weighted by molar-refractivity contribution is 5.95. The largest absolute Gasteiger partial charge is 0.399 e. The smallest absolute Gasteiger partial charge is 0.251 e. The fourth-order valence-electron chi connectivity index (χ4n) is 2.82. The molecule has 6 heteroatoms. The number of carbonyl (C=O) groups is 1. The highest BCUT2D eigenvalue weighted by atomic mass is 19.2. The molecule has 3 rings (SSSR count). The number of hydrogen-bond donors (Lipinski definition) is 3. The Labute approximate surface area is 139 Å². The summed E-state index contributed by atoms with van der Waals surface area (Å²) in [4.78, 5) is 12.3. The van der Waals surface area contributed by atoms with Gasteiger partial charge in [0.25, 0.3) is 5.91 Å². The molecule has 1 amide bonds. The zero-order valence-corrected chi connectivity index (χ0v) is 13.3. The van der Waals surface area contributed by atoms with E-state index in [-0.39, 0.29) is 11.3 Å².